The molecule has 0 spiro atoms. The van der Waals surface area contributed by atoms with E-state index >= 15 is 0 Å². The molecular weight excluding hydrogens is 420 g/mol. The van der Waals surface area contributed by atoms with Gasteiger partial charge in [0, 0.05) is 24.1 Å². The summed E-state index contributed by atoms with van der Waals surface area (Å²) in [5, 5.41) is 3.43. The summed E-state index contributed by atoms with van der Waals surface area (Å²) in [5.74, 6) is 0.482. The molecule has 1 aromatic rings. The lowest BCUT2D eigenvalue weighted by atomic mass is 9.96. The summed E-state index contributed by atoms with van der Waals surface area (Å²) in [7, 11) is 0. The summed E-state index contributed by atoms with van der Waals surface area (Å²) >= 11 is 9.44. The van der Waals surface area contributed by atoms with Gasteiger partial charge in [0.15, 0.2) is 0 Å². The molecule has 1 aliphatic heterocycles. The van der Waals surface area contributed by atoms with Crippen LogP contribution in [-0.2, 0) is 16.0 Å². The van der Waals surface area contributed by atoms with Gasteiger partial charge in [-0.3, -0.25) is 4.79 Å². The van der Waals surface area contributed by atoms with Gasteiger partial charge in [-0.15, -0.1) is 0 Å². The molecule has 1 N–H and O–H groups in total. The highest BCUT2D eigenvalue weighted by atomic mass is 79.9. The number of carbonyl (C=O) groups is 2. The van der Waals surface area contributed by atoms with Crippen LogP contribution >= 0.6 is 27.5 Å². The van der Waals surface area contributed by atoms with Crippen LogP contribution < -0.4 is 5.32 Å². The monoisotopic (exact) mass is 444 g/mol. The predicted molar refractivity (Wildman–Crippen MR) is 106 cm³/mol. The zero-order valence-electron chi connectivity index (χ0n) is 15.5. The van der Waals surface area contributed by atoms with Gasteiger partial charge in [0.05, 0.1) is 11.4 Å². The third-order valence-electron chi connectivity index (χ3n) is 4.24. The molecule has 0 aliphatic carbocycles. The van der Waals surface area contributed by atoms with E-state index in [1.807, 2.05) is 43.9 Å². The third-order valence-corrected chi connectivity index (χ3v) is 5.47. The number of amides is 2. The summed E-state index contributed by atoms with van der Waals surface area (Å²) < 4.78 is 6.07. The lowest BCUT2D eigenvalue weighted by Gasteiger charge is -2.32. The third kappa shape index (κ3) is 6.80. The van der Waals surface area contributed by atoms with Crippen molar-refractivity contribution in [2.75, 3.05) is 19.6 Å². The Balaban J connectivity index is 1.74. The molecular formula is C19H26BrClN2O3. The van der Waals surface area contributed by atoms with Gasteiger partial charge < -0.3 is 15.0 Å². The van der Waals surface area contributed by atoms with Crippen molar-refractivity contribution < 1.29 is 14.3 Å². The highest BCUT2D eigenvalue weighted by molar-refractivity contribution is 9.10. The summed E-state index contributed by atoms with van der Waals surface area (Å²) in [5.41, 5.74) is 0.424. The first-order chi connectivity index (χ1) is 12.1. The largest absolute Gasteiger partial charge is 0.444 e. The Morgan fingerprint density at radius 1 is 1.31 bits per heavy atom. The van der Waals surface area contributed by atoms with Crippen LogP contribution in [0.5, 0.6) is 0 Å². The Morgan fingerprint density at radius 2 is 1.96 bits per heavy atom. The maximum atomic E-state index is 12.5. The predicted octanol–water partition coefficient (Wildman–Crippen LogP) is 4.41. The summed E-state index contributed by atoms with van der Waals surface area (Å²) in [6.45, 7) is 7.53. The van der Waals surface area contributed by atoms with E-state index in [0.29, 0.717) is 37.0 Å². The normalized spacial score (nSPS) is 15.7. The minimum absolute atomic E-state index is 0.113. The molecule has 0 radical (unpaired) electrons. The van der Waals surface area contributed by atoms with Gasteiger partial charge in [-0.1, -0.05) is 17.7 Å². The first-order valence-corrected chi connectivity index (χ1v) is 9.99. The van der Waals surface area contributed by atoms with Crippen molar-refractivity contribution in [3.05, 3.63) is 33.3 Å². The van der Waals surface area contributed by atoms with E-state index in [-0.39, 0.29) is 12.0 Å². The van der Waals surface area contributed by atoms with E-state index in [2.05, 4.69) is 21.2 Å². The maximum Gasteiger partial charge on any atom is 0.407 e. The van der Waals surface area contributed by atoms with Crippen LogP contribution in [0.4, 0.5) is 4.79 Å². The van der Waals surface area contributed by atoms with Gasteiger partial charge in [0.1, 0.15) is 5.60 Å². The van der Waals surface area contributed by atoms with E-state index in [1.54, 1.807) is 0 Å². The fourth-order valence-corrected chi connectivity index (χ4v) is 3.31. The summed E-state index contributed by atoms with van der Waals surface area (Å²) in [6.07, 6.45) is 1.72. The van der Waals surface area contributed by atoms with Crippen LogP contribution in [0.25, 0.3) is 0 Å². The number of hydrogen-bond donors (Lipinski definition) is 1. The van der Waals surface area contributed by atoms with E-state index in [1.165, 1.54) is 0 Å². The number of hydrogen-bond acceptors (Lipinski definition) is 3. The Morgan fingerprint density at radius 3 is 2.54 bits per heavy atom. The fraction of sp³-hybridized carbons (Fsp3) is 0.579. The molecule has 26 heavy (non-hydrogen) atoms. The van der Waals surface area contributed by atoms with Crippen LogP contribution in [-0.4, -0.2) is 42.1 Å². The lowest BCUT2D eigenvalue weighted by Crippen LogP contribution is -2.42. The lowest BCUT2D eigenvalue weighted by molar-refractivity contribution is -0.131. The molecule has 7 heteroatoms. The first kappa shape index (κ1) is 21.0. The van der Waals surface area contributed by atoms with Gasteiger partial charge in [0.25, 0.3) is 0 Å². The van der Waals surface area contributed by atoms with Crippen LogP contribution in [0.2, 0.25) is 5.02 Å². The minimum Gasteiger partial charge on any atom is -0.444 e. The van der Waals surface area contributed by atoms with Crippen molar-refractivity contribution in [2.45, 2.75) is 45.6 Å². The van der Waals surface area contributed by atoms with Crippen LogP contribution in [0, 0.1) is 5.92 Å². The average Bonchev–Trinajstić information content (AvgIpc) is 2.55. The highest BCUT2D eigenvalue weighted by Crippen LogP contribution is 2.24. The van der Waals surface area contributed by atoms with Gasteiger partial charge in [-0.25, -0.2) is 4.79 Å². The Hall–Kier alpha value is -1.27. The Kier molecular flexibility index (Phi) is 7.35. The molecule has 0 bridgehead atoms. The second-order valence-corrected chi connectivity index (χ2v) is 8.89. The number of carbonyl (C=O) groups excluding carboxylic acids is 2. The van der Waals surface area contributed by atoms with E-state index < -0.39 is 5.60 Å². The van der Waals surface area contributed by atoms with Crippen molar-refractivity contribution in [2.24, 2.45) is 5.92 Å². The number of halogens is 2. The molecule has 1 fully saturated rings. The van der Waals surface area contributed by atoms with Crippen LogP contribution in [0.1, 0.15) is 39.2 Å². The summed E-state index contributed by atoms with van der Waals surface area (Å²) in [6, 6.07) is 5.59. The van der Waals surface area contributed by atoms with Gasteiger partial charge in [0.2, 0.25) is 5.91 Å². The molecule has 2 amide bonds. The molecule has 2 rings (SSSR count). The number of piperidine rings is 1. The zero-order chi connectivity index (χ0) is 19.3. The van der Waals surface area contributed by atoms with Crippen LogP contribution in [0.3, 0.4) is 0 Å². The second kappa shape index (κ2) is 9.09. The molecule has 1 aromatic carbocycles. The number of alkyl carbamates (subject to hydrolysis) is 1. The first-order valence-electron chi connectivity index (χ1n) is 8.82. The van der Waals surface area contributed by atoms with E-state index in [0.717, 1.165) is 22.9 Å². The molecule has 0 unspecified atom stereocenters. The molecule has 144 valence electrons. The smallest absolute Gasteiger partial charge is 0.407 e. The molecule has 1 aliphatic rings. The van der Waals surface area contributed by atoms with Crippen molar-refractivity contribution in [3.63, 3.8) is 0 Å². The van der Waals surface area contributed by atoms with Gasteiger partial charge >= 0.3 is 6.09 Å². The molecule has 1 saturated heterocycles. The molecule has 0 atom stereocenters. The quantitative estimate of drug-likeness (QED) is 0.747. The topological polar surface area (TPSA) is 58.6 Å². The SMILES string of the molecule is CC(C)(C)OC(=O)NCC1CCN(C(=O)Cc2ccc(Br)c(Cl)c2)CC1. The minimum atomic E-state index is -0.490. The second-order valence-electron chi connectivity index (χ2n) is 7.63. The average molecular weight is 446 g/mol. The van der Waals surface area contributed by atoms with Gasteiger partial charge in [-0.05, 0) is 73.2 Å². The molecule has 5 nitrogen and oxygen atoms in total. The maximum absolute atomic E-state index is 12.5. The number of nitrogens with one attached hydrogen (secondary N) is 1. The fourth-order valence-electron chi connectivity index (χ4n) is 2.86. The number of benzene rings is 1. The Labute approximate surface area is 168 Å². The van der Waals surface area contributed by atoms with E-state index in [4.69, 9.17) is 16.3 Å². The van der Waals surface area contributed by atoms with E-state index in [9.17, 15) is 9.59 Å². The van der Waals surface area contributed by atoms with Crippen molar-refractivity contribution in [1.29, 1.82) is 0 Å². The van der Waals surface area contributed by atoms with Gasteiger partial charge in [-0.2, -0.15) is 0 Å². The zero-order valence-corrected chi connectivity index (χ0v) is 17.8. The van der Waals surface area contributed by atoms with Crippen LogP contribution in [0.15, 0.2) is 22.7 Å². The standard InChI is InChI=1S/C19H26BrClN2O3/c1-19(2,3)26-18(25)22-12-13-6-8-23(9-7-13)17(24)11-14-4-5-15(20)16(21)10-14/h4-5,10,13H,6-9,11-12H2,1-3H3,(H,22,25). The Bertz CT molecular complexity index is 653. The number of ether oxygens (including phenoxy) is 1. The number of rotatable bonds is 4. The molecule has 0 saturated carbocycles. The highest BCUT2D eigenvalue weighted by Gasteiger charge is 2.24. The summed E-state index contributed by atoms with van der Waals surface area (Å²) in [4.78, 5) is 26.1. The molecule has 1 heterocycles. The number of nitrogens with zero attached hydrogens (tertiary/aromatic N) is 1. The van der Waals surface area contributed by atoms with Crippen molar-refractivity contribution >= 4 is 39.5 Å². The van der Waals surface area contributed by atoms with Crippen molar-refractivity contribution in [1.82, 2.24) is 10.2 Å². The van der Waals surface area contributed by atoms with Crippen molar-refractivity contribution in [3.8, 4) is 0 Å². The number of likely N-dealkylation sites (tertiary alicyclic amines) is 1. The molecule has 0 aromatic heterocycles.